The first-order chi connectivity index (χ1) is 22.4. The number of nitrogens with zero attached hydrogens (tertiary/aromatic N) is 4. The zero-order chi connectivity index (χ0) is 31.6. The predicted molar refractivity (Wildman–Crippen MR) is 181 cm³/mol. The zero-order valence-corrected chi connectivity index (χ0v) is 27.5. The van der Waals surface area contributed by atoms with Crippen LogP contribution in [0.15, 0.2) is 118 Å². The third-order valence-corrected chi connectivity index (χ3v) is 7.43. The molecule has 0 bridgehead atoms. The van der Waals surface area contributed by atoms with E-state index in [-0.39, 0.29) is 17.1 Å². The average molecular weight is 674 g/mol. The maximum absolute atomic E-state index is 5.93. The number of benzene rings is 4. The molecule has 8 nitrogen and oxygen atoms in total. The predicted octanol–water partition coefficient (Wildman–Crippen LogP) is 11.3. The van der Waals surface area contributed by atoms with Crippen LogP contribution in [0.1, 0.15) is 52.3 Å². The van der Waals surface area contributed by atoms with E-state index in [1.807, 2.05) is 97.1 Å². The van der Waals surface area contributed by atoms with Gasteiger partial charge in [-0.2, -0.15) is 0 Å². The molecule has 4 heterocycles. The smallest absolute Gasteiger partial charge is 0.624 e. The Morgan fingerprint density at radius 3 is 1.32 bits per heavy atom. The van der Waals surface area contributed by atoms with Crippen LogP contribution in [-0.4, -0.2) is 9.97 Å². The fraction of sp³-hybridized carbons (Fsp3) is 0.211. The fourth-order valence-electron chi connectivity index (χ4n) is 5.35. The van der Waals surface area contributed by atoms with Crippen LogP contribution in [0.3, 0.4) is 0 Å². The standard InChI is InChI=1S/2C19H17N2O2.Cu/c2*1-12(2)11-13(18-20-14-7-3-5-9-16(14)22-18)19-21-15-8-4-6-10-17(15)23-19;/h2*3-10,12H,11H2,1-2H3;/q2*-1;+2/b2*18-13+;. The van der Waals surface area contributed by atoms with Crippen molar-refractivity contribution in [1.29, 1.82) is 0 Å². The number of hydrogen-bond acceptors (Lipinski definition) is 6. The molecule has 0 atom stereocenters. The Morgan fingerprint density at radius 2 is 0.936 bits per heavy atom. The van der Waals surface area contributed by atoms with Gasteiger partial charge in [0.25, 0.3) is 0 Å². The second-order valence-corrected chi connectivity index (χ2v) is 12.1. The molecule has 0 unspecified atom stereocenters. The van der Waals surface area contributed by atoms with Crippen molar-refractivity contribution in [2.45, 2.75) is 40.5 Å². The summed E-state index contributed by atoms with van der Waals surface area (Å²) in [6, 6.07) is 31.1. The van der Waals surface area contributed by atoms with E-state index in [1.54, 1.807) is 0 Å². The van der Waals surface area contributed by atoms with Gasteiger partial charge in [0.2, 0.25) is 11.8 Å². The molecule has 0 fully saturated rings. The van der Waals surface area contributed by atoms with Crippen molar-refractivity contribution in [2.75, 3.05) is 0 Å². The summed E-state index contributed by atoms with van der Waals surface area (Å²) in [6.45, 7) is 8.63. The number of rotatable bonds is 6. The molecule has 2 aliphatic heterocycles. The van der Waals surface area contributed by atoms with Crippen LogP contribution in [0.25, 0.3) is 44.0 Å². The second kappa shape index (κ2) is 13.8. The van der Waals surface area contributed by atoms with E-state index in [1.165, 1.54) is 0 Å². The van der Waals surface area contributed by atoms with Crippen molar-refractivity contribution in [2.24, 2.45) is 11.8 Å². The summed E-state index contributed by atoms with van der Waals surface area (Å²) in [7, 11) is 0. The van der Waals surface area contributed by atoms with Gasteiger partial charge in [0, 0.05) is 22.9 Å². The van der Waals surface area contributed by atoms with Gasteiger partial charge < -0.3 is 28.9 Å². The van der Waals surface area contributed by atoms with Gasteiger partial charge in [-0.05, 0) is 61.1 Å². The third-order valence-electron chi connectivity index (χ3n) is 7.43. The van der Waals surface area contributed by atoms with E-state index >= 15 is 0 Å². The molecule has 1 radical (unpaired) electrons. The Balaban J connectivity index is 0.000000161. The molecule has 2 aliphatic rings. The number of aromatic nitrogens is 2. The normalized spacial score (nSPS) is 15.1. The first-order valence-electron chi connectivity index (χ1n) is 15.6. The largest absolute Gasteiger partial charge is 2.00 e. The summed E-state index contributed by atoms with van der Waals surface area (Å²) in [5.74, 6) is 4.79. The number of fused-ring (bicyclic) bond motifs is 4. The van der Waals surface area contributed by atoms with E-state index in [4.69, 9.17) is 18.3 Å². The van der Waals surface area contributed by atoms with Gasteiger partial charge in [-0.1, -0.05) is 99.7 Å². The number of ether oxygens (including phenoxy) is 2. The molecule has 47 heavy (non-hydrogen) atoms. The van der Waals surface area contributed by atoms with E-state index in [9.17, 15) is 0 Å². The number of allylic oxidation sites excluding steroid dienone is 2. The van der Waals surface area contributed by atoms with Crippen LogP contribution >= 0.6 is 0 Å². The molecule has 241 valence electrons. The quantitative estimate of drug-likeness (QED) is 0.163. The van der Waals surface area contributed by atoms with Crippen molar-refractivity contribution in [3.8, 4) is 11.5 Å². The summed E-state index contributed by atoms with van der Waals surface area (Å²) in [6.07, 6.45) is 1.58. The van der Waals surface area contributed by atoms with Crippen molar-refractivity contribution in [3.05, 3.63) is 131 Å². The van der Waals surface area contributed by atoms with E-state index in [2.05, 4.69) is 48.3 Å². The Morgan fingerprint density at radius 1 is 0.553 bits per heavy atom. The molecular weight excluding hydrogens is 640 g/mol. The van der Waals surface area contributed by atoms with Gasteiger partial charge in [0.1, 0.15) is 22.5 Å². The van der Waals surface area contributed by atoms with Gasteiger partial charge in [-0.3, -0.25) is 0 Å². The number of para-hydroxylation sites is 8. The average Bonchev–Trinajstić information content (AvgIpc) is 3.85. The molecule has 0 N–H and O–H groups in total. The first-order valence-corrected chi connectivity index (χ1v) is 15.6. The minimum atomic E-state index is 0. The van der Waals surface area contributed by atoms with Crippen LogP contribution in [0.2, 0.25) is 0 Å². The molecule has 0 aliphatic carbocycles. The Hall–Kier alpha value is -4.98. The summed E-state index contributed by atoms with van der Waals surface area (Å²) in [4.78, 5) is 9.22. The number of hydrogen-bond donors (Lipinski definition) is 0. The molecule has 0 saturated carbocycles. The molecule has 4 aromatic carbocycles. The topological polar surface area (TPSA) is 98.7 Å². The maximum atomic E-state index is 5.93. The van der Waals surface area contributed by atoms with Crippen molar-refractivity contribution < 1.29 is 35.4 Å². The third kappa shape index (κ3) is 6.92. The zero-order valence-electron chi connectivity index (χ0n) is 26.5. The van der Waals surface area contributed by atoms with Crippen molar-refractivity contribution >= 4 is 44.7 Å². The maximum Gasteiger partial charge on any atom is 2.00 e. The minimum absolute atomic E-state index is 0. The van der Waals surface area contributed by atoms with Crippen LogP contribution in [0.5, 0.6) is 11.5 Å². The Kier molecular flexibility index (Phi) is 9.38. The van der Waals surface area contributed by atoms with Gasteiger partial charge in [0.15, 0.2) is 11.2 Å². The monoisotopic (exact) mass is 673 g/mol. The molecular formula is C38H34CuN4O4. The molecule has 0 amide bonds. The van der Waals surface area contributed by atoms with Gasteiger partial charge >= 0.3 is 17.1 Å². The summed E-state index contributed by atoms with van der Waals surface area (Å²) in [5, 5.41) is 9.22. The SMILES string of the molecule is CC(C)C/C(=C1/[N-]c2ccccc2O1)c1nc2ccccc2o1.CC(C)C/C(=C1/[N-]c2ccccc2O1)c1nc2ccccc2o1.[Cu+2]. The van der Waals surface area contributed by atoms with Crippen LogP contribution in [-0.2, 0) is 17.1 Å². The van der Waals surface area contributed by atoms with E-state index in [0.29, 0.717) is 35.4 Å². The summed E-state index contributed by atoms with van der Waals surface area (Å²) < 4.78 is 23.7. The molecule has 6 aromatic rings. The first kappa shape index (κ1) is 32.0. The van der Waals surface area contributed by atoms with Crippen LogP contribution < -0.4 is 9.47 Å². The molecule has 0 spiro atoms. The number of oxazole rings is 2. The minimum Gasteiger partial charge on any atom is -0.624 e. The Labute approximate surface area is 284 Å². The summed E-state index contributed by atoms with van der Waals surface area (Å²) >= 11 is 0. The van der Waals surface area contributed by atoms with E-state index in [0.717, 1.165) is 69.1 Å². The van der Waals surface area contributed by atoms with Crippen molar-refractivity contribution in [3.63, 3.8) is 0 Å². The van der Waals surface area contributed by atoms with Crippen LogP contribution in [0.4, 0.5) is 11.4 Å². The van der Waals surface area contributed by atoms with Gasteiger partial charge in [0.05, 0.1) is 0 Å². The molecule has 9 heteroatoms. The van der Waals surface area contributed by atoms with E-state index < -0.39 is 0 Å². The Bertz CT molecular complexity index is 1820. The van der Waals surface area contributed by atoms with Gasteiger partial charge in [-0.25, -0.2) is 9.97 Å². The molecule has 8 rings (SSSR count). The van der Waals surface area contributed by atoms with Crippen molar-refractivity contribution in [1.82, 2.24) is 9.97 Å². The fourth-order valence-corrected chi connectivity index (χ4v) is 5.35. The molecule has 0 saturated heterocycles. The molecule has 2 aromatic heterocycles. The van der Waals surface area contributed by atoms with Gasteiger partial charge in [-0.15, -0.1) is 0 Å². The second-order valence-electron chi connectivity index (χ2n) is 12.1. The van der Waals surface area contributed by atoms with Crippen LogP contribution in [0, 0.1) is 11.8 Å². The summed E-state index contributed by atoms with van der Waals surface area (Å²) in [5.41, 5.74) is 6.76.